The molecule has 0 amide bonds. The zero-order valence-corrected chi connectivity index (χ0v) is 32.1. The Kier molecular flexibility index (Phi) is 6.21. The molecule has 1 aromatic heterocycles. The first-order valence-corrected chi connectivity index (χ1v) is 19.9. The van der Waals surface area contributed by atoms with Crippen molar-refractivity contribution in [2.75, 3.05) is 4.90 Å². The van der Waals surface area contributed by atoms with Crippen molar-refractivity contribution in [3.8, 4) is 33.4 Å². The minimum absolute atomic E-state index is 0.0247. The lowest BCUT2D eigenvalue weighted by Gasteiger charge is -2.28. The molecule has 280 valence electrons. The van der Waals surface area contributed by atoms with Gasteiger partial charge in [-0.3, -0.25) is 0 Å². The topological polar surface area (TPSA) is 16.4 Å². The minimum atomic E-state index is -0.432. The predicted molar refractivity (Wildman–Crippen MR) is 255 cm³/mol. The van der Waals surface area contributed by atoms with Crippen LogP contribution in [0.4, 0.5) is 17.1 Å². The Morgan fingerprint density at radius 3 is 1.50 bits per heavy atom. The molecule has 0 bridgehead atoms. The van der Waals surface area contributed by atoms with Crippen molar-refractivity contribution in [2.24, 2.45) is 0 Å². The van der Waals surface area contributed by atoms with E-state index in [4.69, 9.17) is 4.42 Å². The van der Waals surface area contributed by atoms with Crippen LogP contribution in [0.2, 0.25) is 0 Å². The fourth-order valence-corrected chi connectivity index (χ4v) is 8.71. The van der Waals surface area contributed by atoms with Gasteiger partial charge in [-0.05, 0) is 96.3 Å². The quantitative estimate of drug-likeness (QED) is 0.157. The first-order valence-electron chi connectivity index (χ1n) is 23.9. The number of para-hydroxylation sites is 2. The summed E-state index contributed by atoms with van der Waals surface area (Å²) in [6.07, 6.45) is 0. The number of hydrogen-bond acceptors (Lipinski definition) is 2. The number of anilines is 3. The molecule has 12 rings (SSSR count). The van der Waals surface area contributed by atoms with Crippen LogP contribution in [-0.2, 0) is 0 Å². The molecule has 60 heavy (non-hydrogen) atoms. The van der Waals surface area contributed by atoms with Crippen molar-refractivity contribution in [3.05, 3.63) is 224 Å². The van der Waals surface area contributed by atoms with Crippen LogP contribution in [0.1, 0.15) is 11.0 Å². The summed E-state index contributed by atoms with van der Waals surface area (Å²) in [7, 11) is 0. The van der Waals surface area contributed by atoms with Crippen LogP contribution in [0.15, 0.2) is 229 Å². The Bertz CT molecular complexity index is 4030. The standard InChI is InChI=1S/C58H37NO/c1-2-12-39(13-3-1)49-20-10-22-53-54-23-11-21-50(58(54)60-57(49)53)41-30-34-46(35-31-41)59(56-37-44-15-5-7-17-48(44)51-18-8-9-19-52(51)56)45-32-28-38(29-33-45)43-27-26-42-25-24-40-14-4-6-16-47(40)55(42)36-43/h1-37H/i28D,29D,30D,31D,32D,33D,34D,35D. The molecule has 0 fully saturated rings. The Hall–Kier alpha value is -7.94. The number of nitrogens with zero attached hydrogens (tertiary/aromatic N) is 1. The highest BCUT2D eigenvalue weighted by Gasteiger charge is 2.20. The maximum absolute atomic E-state index is 9.87. The third kappa shape index (κ3) is 5.57. The second-order valence-electron chi connectivity index (χ2n) is 15.0. The summed E-state index contributed by atoms with van der Waals surface area (Å²) in [5, 5.41) is 8.68. The zero-order chi connectivity index (χ0) is 46.5. The van der Waals surface area contributed by atoms with Gasteiger partial charge in [0.15, 0.2) is 0 Å². The van der Waals surface area contributed by atoms with Crippen LogP contribution < -0.4 is 4.90 Å². The largest absolute Gasteiger partial charge is 0.455 e. The van der Waals surface area contributed by atoms with Gasteiger partial charge in [0.1, 0.15) is 11.2 Å². The summed E-state index contributed by atoms with van der Waals surface area (Å²) in [6.45, 7) is 0. The molecule has 0 radical (unpaired) electrons. The van der Waals surface area contributed by atoms with Crippen LogP contribution in [0, 0.1) is 0 Å². The maximum atomic E-state index is 9.87. The van der Waals surface area contributed by atoms with Gasteiger partial charge < -0.3 is 9.32 Å². The van der Waals surface area contributed by atoms with Gasteiger partial charge in [-0.15, -0.1) is 0 Å². The Labute approximate surface area is 359 Å². The Morgan fingerprint density at radius 1 is 0.317 bits per heavy atom. The van der Waals surface area contributed by atoms with Gasteiger partial charge in [0.05, 0.1) is 16.7 Å². The summed E-state index contributed by atoms with van der Waals surface area (Å²) in [4.78, 5) is 1.41. The lowest BCUT2D eigenvalue weighted by Crippen LogP contribution is -2.10. The molecule has 11 aromatic carbocycles. The number of hydrogen-bond donors (Lipinski definition) is 0. The van der Waals surface area contributed by atoms with E-state index in [2.05, 4.69) is 0 Å². The molecule has 2 nitrogen and oxygen atoms in total. The first kappa shape index (κ1) is 26.9. The normalized spacial score (nSPS) is 13.5. The van der Waals surface area contributed by atoms with E-state index < -0.39 is 24.2 Å². The molecule has 2 heteroatoms. The van der Waals surface area contributed by atoms with Crippen molar-refractivity contribution in [1.82, 2.24) is 0 Å². The van der Waals surface area contributed by atoms with E-state index in [0.717, 1.165) is 59.6 Å². The Morgan fingerprint density at radius 2 is 0.817 bits per heavy atom. The van der Waals surface area contributed by atoms with E-state index in [9.17, 15) is 11.0 Å². The lowest BCUT2D eigenvalue weighted by atomic mass is 9.96. The zero-order valence-electron chi connectivity index (χ0n) is 40.1. The van der Waals surface area contributed by atoms with E-state index in [1.165, 1.54) is 4.90 Å². The van der Waals surface area contributed by atoms with Crippen molar-refractivity contribution >= 4 is 82.1 Å². The number of furan rings is 1. The van der Waals surface area contributed by atoms with Crippen LogP contribution in [0.25, 0.3) is 98.4 Å². The van der Waals surface area contributed by atoms with E-state index in [-0.39, 0.29) is 46.7 Å². The van der Waals surface area contributed by atoms with E-state index in [0.29, 0.717) is 33.4 Å². The summed E-state index contributed by atoms with van der Waals surface area (Å²) < 4.78 is 84.8. The summed E-state index contributed by atoms with van der Waals surface area (Å²) >= 11 is 0. The first-order chi connectivity index (χ1) is 33.1. The van der Waals surface area contributed by atoms with E-state index in [1.54, 1.807) is 6.07 Å². The van der Waals surface area contributed by atoms with Crippen LogP contribution in [-0.4, -0.2) is 0 Å². The molecule has 0 aliphatic rings. The molecule has 1 heterocycles. The van der Waals surface area contributed by atoms with Gasteiger partial charge in [0, 0.05) is 38.7 Å². The average Bonchev–Trinajstić information content (AvgIpc) is 3.77. The average molecular weight is 772 g/mol. The van der Waals surface area contributed by atoms with E-state index >= 15 is 0 Å². The maximum Gasteiger partial charge on any atom is 0.143 e. The summed E-state index contributed by atoms with van der Waals surface area (Å²) in [5.41, 5.74) is 3.81. The molecule has 0 saturated carbocycles. The number of benzene rings is 11. The summed E-state index contributed by atoms with van der Waals surface area (Å²) in [6, 6.07) is 53.2. The van der Waals surface area contributed by atoms with Crippen molar-refractivity contribution in [3.63, 3.8) is 0 Å². The SMILES string of the molecule is [2H]c1c([2H])c(N(c2c([2H])c([2H])c(-c3cccc4c3oc3c(-c5ccccc5)cccc34)c([2H])c2[2H])c2cc3ccccc3c3ccccc23)c([2H])c([2H])c1-c1ccc2ccc3ccccc3c2c1. The number of rotatable bonds is 6. The fraction of sp³-hybridized carbons (Fsp3) is 0. The third-order valence-corrected chi connectivity index (χ3v) is 11.6. The van der Waals surface area contributed by atoms with Crippen LogP contribution in [0.5, 0.6) is 0 Å². The van der Waals surface area contributed by atoms with Crippen molar-refractivity contribution in [1.29, 1.82) is 0 Å². The molecule has 0 N–H and O–H groups in total. The second-order valence-corrected chi connectivity index (χ2v) is 15.0. The second kappa shape index (κ2) is 13.9. The lowest BCUT2D eigenvalue weighted by molar-refractivity contribution is 0.671. The van der Waals surface area contributed by atoms with Crippen molar-refractivity contribution < 1.29 is 15.4 Å². The monoisotopic (exact) mass is 771 g/mol. The molecule has 0 saturated heterocycles. The van der Waals surface area contributed by atoms with Gasteiger partial charge >= 0.3 is 0 Å². The fourth-order valence-electron chi connectivity index (χ4n) is 8.71. The highest BCUT2D eigenvalue weighted by molar-refractivity contribution is 6.15. The Balaban J connectivity index is 1.12. The van der Waals surface area contributed by atoms with Gasteiger partial charge in [0.2, 0.25) is 0 Å². The summed E-state index contributed by atoms with van der Waals surface area (Å²) in [5.74, 6) is 0. The highest BCUT2D eigenvalue weighted by atomic mass is 16.3. The molecule has 12 aromatic rings. The molecule has 0 aliphatic carbocycles. The highest BCUT2D eigenvalue weighted by Crippen LogP contribution is 2.44. The minimum Gasteiger partial charge on any atom is -0.455 e. The van der Waals surface area contributed by atoms with Crippen molar-refractivity contribution in [2.45, 2.75) is 0 Å². The smallest absolute Gasteiger partial charge is 0.143 e. The van der Waals surface area contributed by atoms with Crippen LogP contribution >= 0.6 is 0 Å². The predicted octanol–water partition coefficient (Wildman–Crippen LogP) is 16.7. The molecule has 0 spiro atoms. The van der Waals surface area contributed by atoms with Gasteiger partial charge in [-0.25, -0.2) is 0 Å². The molecular weight excluding hydrogens is 727 g/mol. The molecule has 0 atom stereocenters. The molecular formula is C58H37NO. The molecule has 0 aliphatic heterocycles. The number of fused-ring (bicyclic) bond motifs is 9. The van der Waals surface area contributed by atoms with E-state index in [1.807, 2.05) is 170 Å². The van der Waals surface area contributed by atoms with Gasteiger partial charge in [-0.2, -0.15) is 0 Å². The van der Waals surface area contributed by atoms with Gasteiger partial charge in [-0.1, -0.05) is 188 Å². The van der Waals surface area contributed by atoms with Crippen LogP contribution in [0.3, 0.4) is 0 Å². The molecule has 0 unspecified atom stereocenters. The van der Waals surface area contributed by atoms with Gasteiger partial charge in [0.25, 0.3) is 0 Å². The third-order valence-electron chi connectivity index (χ3n) is 11.6.